The molecule has 1 saturated carbocycles. The van der Waals surface area contributed by atoms with E-state index >= 15 is 0 Å². The second-order valence-corrected chi connectivity index (χ2v) is 4.94. The molecule has 1 aromatic carbocycles. The van der Waals surface area contributed by atoms with Gasteiger partial charge in [-0.05, 0) is 44.7 Å². The van der Waals surface area contributed by atoms with Crippen LogP contribution < -0.4 is 10.1 Å². The van der Waals surface area contributed by atoms with Crippen molar-refractivity contribution in [3.63, 3.8) is 0 Å². The standard InChI is InChI=1S/C15H21NO2/c1-3-18-14-8-7-11(2)9-13(14)15(17)16-10-12-5-4-6-12/h7-9,12H,3-6,10H2,1-2H3,(H,16,17). The first kappa shape index (κ1) is 12.9. The number of amides is 1. The zero-order valence-corrected chi connectivity index (χ0v) is 11.2. The van der Waals surface area contributed by atoms with E-state index in [9.17, 15) is 4.79 Å². The summed E-state index contributed by atoms with van der Waals surface area (Å²) in [7, 11) is 0. The van der Waals surface area contributed by atoms with Crippen LogP contribution in [0.2, 0.25) is 0 Å². The zero-order valence-electron chi connectivity index (χ0n) is 11.2. The van der Waals surface area contributed by atoms with E-state index < -0.39 is 0 Å². The van der Waals surface area contributed by atoms with Crippen LogP contribution in [0.1, 0.15) is 42.1 Å². The van der Waals surface area contributed by atoms with Crippen LogP contribution >= 0.6 is 0 Å². The first-order valence-corrected chi connectivity index (χ1v) is 6.72. The van der Waals surface area contributed by atoms with Crippen LogP contribution in [0, 0.1) is 12.8 Å². The van der Waals surface area contributed by atoms with Crippen LogP contribution in [0.3, 0.4) is 0 Å². The highest BCUT2D eigenvalue weighted by molar-refractivity contribution is 5.97. The van der Waals surface area contributed by atoms with Crippen LogP contribution in [0.25, 0.3) is 0 Å². The van der Waals surface area contributed by atoms with Gasteiger partial charge in [0.1, 0.15) is 5.75 Å². The van der Waals surface area contributed by atoms with Crippen molar-refractivity contribution in [1.29, 1.82) is 0 Å². The fourth-order valence-electron chi connectivity index (χ4n) is 2.13. The summed E-state index contributed by atoms with van der Waals surface area (Å²) < 4.78 is 5.50. The fraction of sp³-hybridized carbons (Fsp3) is 0.533. The van der Waals surface area contributed by atoms with Gasteiger partial charge in [0.15, 0.2) is 0 Å². The van der Waals surface area contributed by atoms with Gasteiger partial charge in [0, 0.05) is 6.54 Å². The van der Waals surface area contributed by atoms with Crippen molar-refractivity contribution < 1.29 is 9.53 Å². The largest absolute Gasteiger partial charge is 0.493 e. The van der Waals surface area contributed by atoms with Gasteiger partial charge in [-0.15, -0.1) is 0 Å². The minimum absolute atomic E-state index is 0.0194. The molecular formula is C15H21NO2. The lowest BCUT2D eigenvalue weighted by molar-refractivity contribution is 0.0935. The van der Waals surface area contributed by atoms with Gasteiger partial charge in [-0.3, -0.25) is 4.79 Å². The molecule has 0 atom stereocenters. The molecule has 1 N–H and O–H groups in total. The normalized spacial score (nSPS) is 15.0. The Bertz CT molecular complexity index is 425. The molecule has 18 heavy (non-hydrogen) atoms. The maximum atomic E-state index is 12.1. The number of rotatable bonds is 5. The molecule has 3 nitrogen and oxygen atoms in total. The maximum Gasteiger partial charge on any atom is 0.255 e. The fourth-order valence-corrected chi connectivity index (χ4v) is 2.13. The molecule has 2 rings (SSSR count). The van der Waals surface area contributed by atoms with Crippen LogP contribution in [0.5, 0.6) is 5.75 Å². The number of aryl methyl sites for hydroxylation is 1. The lowest BCUT2D eigenvalue weighted by Crippen LogP contribution is -2.32. The molecule has 3 heteroatoms. The molecular weight excluding hydrogens is 226 g/mol. The summed E-state index contributed by atoms with van der Waals surface area (Å²) in [6.07, 6.45) is 3.79. The molecule has 1 aliphatic carbocycles. The molecule has 1 amide bonds. The summed E-state index contributed by atoms with van der Waals surface area (Å²) in [6.45, 7) is 5.28. The van der Waals surface area contributed by atoms with Crippen molar-refractivity contribution >= 4 is 5.91 Å². The Hall–Kier alpha value is -1.51. The van der Waals surface area contributed by atoms with E-state index in [0.717, 1.165) is 12.1 Å². The summed E-state index contributed by atoms with van der Waals surface area (Å²) in [4.78, 5) is 12.1. The molecule has 0 aliphatic heterocycles. The summed E-state index contributed by atoms with van der Waals surface area (Å²) >= 11 is 0. The first-order valence-electron chi connectivity index (χ1n) is 6.72. The molecule has 0 aromatic heterocycles. The Labute approximate surface area is 109 Å². The number of nitrogens with one attached hydrogen (secondary N) is 1. The highest BCUT2D eigenvalue weighted by Gasteiger charge is 2.19. The topological polar surface area (TPSA) is 38.3 Å². The van der Waals surface area contributed by atoms with Gasteiger partial charge in [0.25, 0.3) is 5.91 Å². The Morgan fingerprint density at radius 1 is 1.44 bits per heavy atom. The highest BCUT2D eigenvalue weighted by atomic mass is 16.5. The SMILES string of the molecule is CCOc1ccc(C)cc1C(=O)NCC1CCC1. The van der Waals surface area contributed by atoms with Crippen LogP contribution in [0.4, 0.5) is 0 Å². The van der Waals surface area contributed by atoms with Crippen molar-refractivity contribution in [3.8, 4) is 5.75 Å². The minimum atomic E-state index is -0.0194. The van der Waals surface area contributed by atoms with Gasteiger partial charge < -0.3 is 10.1 Å². The predicted molar refractivity (Wildman–Crippen MR) is 72.0 cm³/mol. The highest BCUT2D eigenvalue weighted by Crippen LogP contribution is 2.26. The van der Waals surface area contributed by atoms with Crippen molar-refractivity contribution in [3.05, 3.63) is 29.3 Å². The minimum Gasteiger partial charge on any atom is -0.493 e. The van der Waals surface area contributed by atoms with Crippen molar-refractivity contribution in [2.75, 3.05) is 13.2 Å². The molecule has 0 bridgehead atoms. The number of hydrogen-bond donors (Lipinski definition) is 1. The van der Waals surface area contributed by atoms with Crippen molar-refractivity contribution in [2.24, 2.45) is 5.92 Å². The molecule has 1 fully saturated rings. The van der Waals surface area contributed by atoms with Crippen LogP contribution in [-0.4, -0.2) is 19.1 Å². The number of ether oxygens (including phenoxy) is 1. The average Bonchev–Trinajstić information content (AvgIpc) is 2.29. The summed E-state index contributed by atoms with van der Waals surface area (Å²) in [5.41, 5.74) is 1.73. The molecule has 0 unspecified atom stereocenters. The smallest absolute Gasteiger partial charge is 0.255 e. The summed E-state index contributed by atoms with van der Waals surface area (Å²) in [5, 5.41) is 3.01. The van der Waals surface area contributed by atoms with Gasteiger partial charge in [-0.2, -0.15) is 0 Å². The van der Waals surface area contributed by atoms with E-state index in [4.69, 9.17) is 4.74 Å². The van der Waals surface area contributed by atoms with Crippen LogP contribution in [0.15, 0.2) is 18.2 Å². The third-order valence-corrected chi connectivity index (χ3v) is 3.46. The molecule has 0 heterocycles. The van der Waals surface area contributed by atoms with E-state index in [1.165, 1.54) is 19.3 Å². The molecule has 0 spiro atoms. The van der Waals surface area contributed by atoms with Gasteiger partial charge in [0.2, 0.25) is 0 Å². The third kappa shape index (κ3) is 3.03. The summed E-state index contributed by atoms with van der Waals surface area (Å²) in [6, 6.07) is 5.73. The van der Waals surface area contributed by atoms with E-state index in [1.54, 1.807) is 0 Å². The number of carbonyl (C=O) groups excluding carboxylic acids is 1. The number of hydrogen-bond acceptors (Lipinski definition) is 2. The number of carbonyl (C=O) groups is 1. The molecule has 98 valence electrons. The van der Waals surface area contributed by atoms with E-state index in [2.05, 4.69) is 5.32 Å². The zero-order chi connectivity index (χ0) is 13.0. The van der Waals surface area contributed by atoms with E-state index in [0.29, 0.717) is 23.8 Å². The van der Waals surface area contributed by atoms with Gasteiger partial charge in [-0.25, -0.2) is 0 Å². The number of benzene rings is 1. The van der Waals surface area contributed by atoms with Gasteiger partial charge >= 0.3 is 0 Å². The Morgan fingerprint density at radius 3 is 2.83 bits per heavy atom. The lowest BCUT2D eigenvalue weighted by atomic mass is 9.85. The van der Waals surface area contributed by atoms with Gasteiger partial charge in [-0.1, -0.05) is 18.1 Å². The van der Waals surface area contributed by atoms with E-state index in [1.807, 2.05) is 32.0 Å². The Kier molecular flexibility index (Phi) is 4.24. The molecule has 0 saturated heterocycles. The summed E-state index contributed by atoms with van der Waals surface area (Å²) in [5.74, 6) is 1.33. The molecule has 0 radical (unpaired) electrons. The monoisotopic (exact) mass is 247 g/mol. The predicted octanol–water partition coefficient (Wildman–Crippen LogP) is 2.92. The Balaban J connectivity index is 2.04. The van der Waals surface area contributed by atoms with Crippen LogP contribution in [-0.2, 0) is 0 Å². The maximum absolute atomic E-state index is 12.1. The van der Waals surface area contributed by atoms with Gasteiger partial charge in [0.05, 0.1) is 12.2 Å². The molecule has 1 aliphatic rings. The second-order valence-electron chi connectivity index (χ2n) is 4.94. The third-order valence-electron chi connectivity index (χ3n) is 3.46. The Morgan fingerprint density at radius 2 is 2.22 bits per heavy atom. The lowest BCUT2D eigenvalue weighted by Gasteiger charge is -2.25. The second kappa shape index (κ2) is 5.89. The average molecular weight is 247 g/mol. The molecule has 1 aromatic rings. The van der Waals surface area contributed by atoms with Crippen molar-refractivity contribution in [2.45, 2.75) is 33.1 Å². The first-order chi connectivity index (χ1) is 8.70. The van der Waals surface area contributed by atoms with E-state index in [-0.39, 0.29) is 5.91 Å². The van der Waals surface area contributed by atoms with Crippen molar-refractivity contribution in [1.82, 2.24) is 5.32 Å². The quantitative estimate of drug-likeness (QED) is 0.868.